The number of alkyl halides is 2. The number of benzene rings is 3. The van der Waals surface area contributed by atoms with Gasteiger partial charge in [-0.3, -0.25) is 9.59 Å². The molecule has 0 aliphatic heterocycles. The minimum absolute atomic E-state index is 0.0601. The second-order valence-electron chi connectivity index (χ2n) is 11.5. The first-order valence-electron chi connectivity index (χ1n) is 14.8. The number of ether oxygens (including phenoxy) is 1. The van der Waals surface area contributed by atoms with Gasteiger partial charge in [0.05, 0.1) is 22.5 Å². The van der Waals surface area contributed by atoms with E-state index in [-0.39, 0.29) is 23.1 Å². The zero-order chi connectivity index (χ0) is 30.8. The van der Waals surface area contributed by atoms with Crippen LogP contribution < -0.4 is 15.4 Å². The van der Waals surface area contributed by atoms with E-state index in [1.807, 2.05) is 10.7 Å². The first kappa shape index (κ1) is 29.3. The second-order valence-corrected chi connectivity index (χ2v) is 11.5. The number of carboxylic acids is 1. The van der Waals surface area contributed by atoms with Crippen molar-refractivity contribution < 1.29 is 33.0 Å². The summed E-state index contributed by atoms with van der Waals surface area (Å²) in [5.41, 5.74) is 2.19. The van der Waals surface area contributed by atoms with Gasteiger partial charge in [-0.05, 0) is 92.8 Å². The molecule has 1 heterocycles. The molecule has 11 heteroatoms. The van der Waals surface area contributed by atoms with Crippen LogP contribution in [0.15, 0.2) is 66.7 Å². The Morgan fingerprint density at radius 2 is 1.59 bits per heavy atom. The Labute approximate surface area is 252 Å². The third kappa shape index (κ3) is 5.86. The number of hydrogen-bond donors (Lipinski definition) is 3. The van der Waals surface area contributed by atoms with Gasteiger partial charge in [0.2, 0.25) is 5.91 Å². The highest BCUT2D eigenvalue weighted by atomic mass is 19.3. The number of carbonyl (C=O) groups is 3. The number of hydrogen-bond acceptors (Lipinski definition) is 5. The number of halogens is 2. The fraction of sp³-hybridized carbons (Fsp3) is 0.333. The van der Waals surface area contributed by atoms with Gasteiger partial charge in [0.25, 0.3) is 5.91 Å². The van der Waals surface area contributed by atoms with Crippen LogP contribution in [-0.4, -0.2) is 44.8 Å². The van der Waals surface area contributed by atoms with Gasteiger partial charge in [-0.1, -0.05) is 25.3 Å². The van der Waals surface area contributed by atoms with Gasteiger partial charge in [-0.2, -0.15) is 13.9 Å². The van der Waals surface area contributed by atoms with E-state index in [1.54, 1.807) is 24.3 Å². The molecule has 44 heavy (non-hydrogen) atoms. The van der Waals surface area contributed by atoms with E-state index in [9.17, 15) is 23.2 Å². The Hall–Kier alpha value is -4.80. The van der Waals surface area contributed by atoms with Gasteiger partial charge in [0, 0.05) is 22.6 Å². The Morgan fingerprint density at radius 3 is 2.20 bits per heavy atom. The number of aromatic carboxylic acids is 1. The molecule has 2 amide bonds. The molecule has 2 aliphatic rings. The van der Waals surface area contributed by atoms with Crippen molar-refractivity contribution in [2.24, 2.45) is 0 Å². The van der Waals surface area contributed by atoms with Gasteiger partial charge < -0.3 is 20.5 Å². The van der Waals surface area contributed by atoms with E-state index in [1.165, 1.54) is 42.8 Å². The number of anilines is 1. The van der Waals surface area contributed by atoms with Crippen molar-refractivity contribution in [2.45, 2.75) is 69.4 Å². The molecule has 0 atom stereocenters. The normalized spacial score (nSPS) is 16.3. The molecule has 2 aliphatic carbocycles. The first-order valence-corrected chi connectivity index (χ1v) is 14.8. The predicted molar refractivity (Wildman–Crippen MR) is 160 cm³/mol. The quantitative estimate of drug-likeness (QED) is 0.197. The molecule has 228 valence electrons. The summed E-state index contributed by atoms with van der Waals surface area (Å²) < 4.78 is 31.7. The summed E-state index contributed by atoms with van der Waals surface area (Å²) in [4.78, 5) is 37.9. The van der Waals surface area contributed by atoms with Crippen LogP contribution in [0.25, 0.3) is 16.6 Å². The average Bonchev–Trinajstić information content (AvgIpc) is 3.38. The van der Waals surface area contributed by atoms with Crippen molar-refractivity contribution in [1.82, 2.24) is 15.1 Å². The Balaban J connectivity index is 1.26. The van der Waals surface area contributed by atoms with Crippen LogP contribution in [0, 0.1) is 0 Å². The van der Waals surface area contributed by atoms with Crippen LogP contribution in [-0.2, 0) is 4.79 Å². The fourth-order valence-corrected chi connectivity index (χ4v) is 6.16. The number of nitrogens with one attached hydrogen (secondary N) is 2. The lowest BCUT2D eigenvalue weighted by Crippen LogP contribution is -2.61. The highest BCUT2D eigenvalue weighted by molar-refractivity contribution is 6.05. The van der Waals surface area contributed by atoms with E-state index >= 15 is 0 Å². The monoisotopic (exact) mass is 602 g/mol. The van der Waals surface area contributed by atoms with E-state index < -0.39 is 24.0 Å². The van der Waals surface area contributed by atoms with E-state index in [0.29, 0.717) is 35.3 Å². The van der Waals surface area contributed by atoms with Gasteiger partial charge in [0.1, 0.15) is 11.3 Å². The summed E-state index contributed by atoms with van der Waals surface area (Å²) in [5.74, 6) is -1.49. The molecule has 0 unspecified atom stereocenters. The third-order valence-electron chi connectivity index (χ3n) is 8.65. The molecule has 9 nitrogen and oxygen atoms in total. The van der Waals surface area contributed by atoms with Crippen LogP contribution in [0.2, 0.25) is 0 Å². The van der Waals surface area contributed by atoms with E-state index in [4.69, 9.17) is 10.2 Å². The maximum absolute atomic E-state index is 13.5. The SMILES string of the molecule is O=C(O)c1ccc(NC(=O)C2(NC(=O)c3ccc4c(C5CCCCC5)n(-c5ccc(OC(F)F)cc5)nc4c3)CCC2)cc1. The highest BCUT2D eigenvalue weighted by Gasteiger charge is 2.45. The molecule has 2 saturated carbocycles. The molecule has 0 spiro atoms. The summed E-state index contributed by atoms with van der Waals surface area (Å²) >= 11 is 0. The molecule has 3 aromatic carbocycles. The van der Waals surface area contributed by atoms with Crippen LogP contribution in [0.5, 0.6) is 5.75 Å². The summed E-state index contributed by atoms with van der Waals surface area (Å²) in [6.45, 7) is -2.91. The number of carboxylic acid groups (broad SMARTS) is 1. The Bertz CT molecular complexity index is 1690. The Kier molecular flexibility index (Phi) is 8.03. The minimum Gasteiger partial charge on any atom is -0.478 e. The topological polar surface area (TPSA) is 123 Å². The average molecular weight is 603 g/mol. The lowest BCUT2D eigenvalue weighted by Gasteiger charge is -2.40. The molecular formula is C33H32F2N4O5. The summed E-state index contributed by atoms with van der Waals surface area (Å²) in [5, 5.41) is 20.6. The predicted octanol–water partition coefficient (Wildman–Crippen LogP) is 6.66. The minimum atomic E-state index is -2.91. The fourth-order valence-electron chi connectivity index (χ4n) is 6.16. The zero-order valence-corrected chi connectivity index (χ0v) is 23.9. The van der Waals surface area contributed by atoms with Crippen LogP contribution in [0.3, 0.4) is 0 Å². The number of carbonyl (C=O) groups excluding carboxylic acids is 2. The van der Waals surface area contributed by atoms with Crippen molar-refractivity contribution in [3.05, 3.63) is 83.6 Å². The maximum Gasteiger partial charge on any atom is 0.387 e. The maximum atomic E-state index is 13.5. The number of nitrogens with zero attached hydrogens (tertiary/aromatic N) is 2. The molecule has 1 aromatic heterocycles. The number of fused-ring (bicyclic) bond motifs is 1. The van der Waals surface area contributed by atoms with Gasteiger partial charge in [-0.15, -0.1) is 0 Å². The van der Waals surface area contributed by atoms with Crippen molar-refractivity contribution in [2.75, 3.05) is 5.32 Å². The summed E-state index contributed by atoms with van der Waals surface area (Å²) in [6, 6.07) is 17.6. The molecule has 6 rings (SSSR count). The molecule has 4 aromatic rings. The highest BCUT2D eigenvalue weighted by Crippen LogP contribution is 2.39. The summed E-state index contributed by atoms with van der Waals surface area (Å²) in [7, 11) is 0. The number of aromatic nitrogens is 2. The molecule has 2 fully saturated rings. The van der Waals surface area contributed by atoms with E-state index in [0.717, 1.165) is 43.2 Å². The standard InChI is InChI=1S/C33H32F2N4O5/c34-32(35)44-25-14-12-24(13-15-25)39-28(20-5-2-1-3-6-20)26-16-9-22(19-27(26)38-39)29(40)37-33(17-4-18-33)31(43)36-23-10-7-21(8-11-23)30(41)42/h7-16,19-20,32H,1-6,17-18H2,(H,36,43)(H,37,40)(H,41,42). The summed E-state index contributed by atoms with van der Waals surface area (Å²) in [6.07, 6.45) is 7.13. The molecule has 3 N–H and O–H groups in total. The Morgan fingerprint density at radius 1 is 0.909 bits per heavy atom. The van der Waals surface area contributed by atoms with E-state index in [2.05, 4.69) is 15.4 Å². The van der Waals surface area contributed by atoms with Crippen molar-refractivity contribution >= 4 is 34.4 Å². The first-order chi connectivity index (χ1) is 21.2. The lowest BCUT2D eigenvalue weighted by atomic mass is 9.75. The van der Waals surface area contributed by atoms with Gasteiger partial charge in [0.15, 0.2) is 0 Å². The number of amides is 2. The molecule has 0 saturated heterocycles. The van der Waals surface area contributed by atoms with Gasteiger partial charge in [-0.25, -0.2) is 9.48 Å². The number of rotatable bonds is 9. The zero-order valence-electron chi connectivity index (χ0n) is 23.9. The largest absolute Gasteiger partial charge is 0.478 e. The second kappa shape index (κ2) is 12.1. The molecule has 0 bridgehead atoms. The van der Waals surface area contributed by atoms with Crippen molar-refractivity contribution in [3.8, 4) is 11.4 Å². The van der Waals surface area contributed by atoms with Crippen molar-refractivity contribution in [1.29, 1.82) is 0 Å². The van der Waals surface area contributed by atoms with Crippen LogP contribution in [0.4, 0.5) is 14.5 Å². The smallest absolute Gasteiger partial charge is 0.387 e. The molecule has 0 radical (unpaired) electrons. The van der Waals surface area contributed by atoms with Gasteiger partial charge >= 0.3 is 12.6 Å². The van der Waals surface area contributed by atoms with Crippen LogP contribution >= 0.6 is 0 Å². The molecular weight excluding hydrogens is 570 g/mol. The van der Waals surface area contributed by atoms with Crippen LogP contribution in [0.1, 0.15) is 83.7 Å². The van der Waals surface area contributed by atoms with Crippen molar-refractivity contribution in [3.63, 3.8) is 0 Å². The lowest BCUT2D eigenvalue weighted by molar-refractivity contribution is -0.125. The third-order valence-corrected chi connectivity index (χ3v) is 8.65.